The van der Waals surface area contributed by atoms with Crippen LogP contribution in [0.5, 0.6) is 0 Å². The van der Waals surface area contributed by atoms with Gasteiger partial charge in [0.15, 0.2) is 5.13 Å². The van der Waals surface area contributed by atoms with Crippen LogP contribution in [-0.4, -0.2) is 31.1 Å². The Morgan fingerprint density at radius 3 is 2.52 bits per heavy atom. The van der Waals surface area contributed by atoms with Gasteiger partial charge in [-0.25, -0.2) is 9.67 Å². The fourth-order valence-electron chi connectivity index (χ4n) is 3.83. The third-order valence-corrected chi connectivity index (χ3v) is 6.66. The van der Waals surface area contributed by atoms with E-state index in [1.807, 2.05) is 54.6 Å². The lowest BCUT2D eigenvalue weighted by Crippen LogP contribution is -2.31. The van der Waals surface area contributed by atoms with Gasteiger partial charge in [-0.1, -0.05) is 59.9 Å². The molecule has 0 N–H and O–H groups in total. The number of carbonyl (C=O) groups is 1. The number of nitrogens with zero attached hydrogens (tertiary/aromatic N) is 6. The molecule has 5 rings (SSSR count). The number of hydrogen-bond acceptors (Lipinski definition) is 6. The quantitative estimate of drug-likeness (QED) is 0.373. The predicted octanol–water partition coefficient (Wildman–Crippen LogP) is 4.66. The zero-order valence-corrected chi connectivity index (χ0v) is 19.2. The summed E-state index contributed by atoms with van der Waals surface area (Å²) in [6.07, 6.45) is 1.81. The van der Waals surface area contributed by atoms with Gasteiger partial charge in [0, 0.05) is 0 Å². The van der Waals surface area contributed by atoms with Crippen molar-refractivity contribution < 1.29 is 4.79 Å². The fourth-order valence-corrected chi connectivity index (χ4v) is 4.86. The first-order valence-corrected chi connectivity index (χ1v) is 11.4. The van der Waals surface area contributed by atoms with Crippen molar-refractivity contribution in [2.75, 3.05) is 4.90 Å². The highest BCUT2D eigenvalue weighted by molar-refractivity contribution is 7.22. The summed E-state index contributed by atoms with van der Waals surface area (Å²) in [7, 11) is 0. The van der Waals surface area contributed by atoms with E-state index in [1.165, 1.54) is 11.1 Å². The highest BCUT2D eigenvalue weighted by Crippen LogP contribution is 2.33. The van der Waals surface area contributed by atoms with Crippen molar-refractivity contribution in [2.24, 2.45) is 0 Å². The van der Waals surface area contributed by atoms with E-state index in [-0.39, 0.29) is 12.3 Å². The largest absolute Gasteiger partial charge is 0.283 e. The minimum absolute atomic E-state index is 0.00227. The molecular formula is C25H22N6OS. The molecule has 0 saturated carbocycles. The van der Waals surface area contributed by atoms with Crippen LogP contribution in [0.1, 0.15) is 22.3 Å². The van der Waals surface area contributed by atoms with Crippen molar-refractivity contribution in [3.05, 3.63) is 95.3 Å². The molecular weight excluding hydrogens is 432 g/mol. The Labute approximate surface area is 195 Å². The predicted molar refractivity (Wildman–Crippen MR) is 130 cm³/mol. The minimum Gasteiger partial charge on any atom is -0.283 e. The Balaban J connectivity index is 1.45. The SMILES string of the molecule is Cc1cc(C)c2sc(N(Cc3ccccc3)C(=O)Cc3ccc(-n4cnnn4)cc3)nc2c1. The highest BCUT2D eigenvalue weighted by Gasteiger charge is 2.21. The van der Waals surface area contributed by atoms with Gasteiger partial charge in [-0.15, -0.1) is 5.10 Å². The van der Waals surface area contributed by atoms with Crippen molar-refractivity contribution >= 4 is 32.6 Å². The number of thiazole rings is 1. The van der Waals surface area contributed by atoms with Crippen molar-refractivity contribution in [1.29, 1.82) is 0 Å². The summed E-state index contributed by atoms with van der Waals surface area (Å²) < 4.78 is 2.70. The summed E-state index contributed by atoms with van der Waals surface area (Å²) in [5.41, 5.74) is 6.10. The minimum atomic E-state index is 0.00227. The molecule has 0 unspecified atom stereocenters. The average molecular weight is 455 g/mol. The van der Waals surface area contributed by atoms with Crippen LogP contribution in [0.15, 0.2) is 73.1 Å². The Hall–Kier alpha value is -3.91. The number of rotatable bonds is 6. The molecule has 1 amide bonds. The summed E-state index contributed by atoms with van der Waals surface area (Å²) in [5, 5.41) is 11.9. The van der Waals surface area contributed by atoms with Crippen LogP contribution in [0, 0.1) is 13.8 Å². The van der Waals surface area contributed by atoms with E-state index < -0.39 is 0 Å². The number of carbonyl (C=O) groups excluding carboxylic acids is 1. The van der Waals surface area contributed by atoms with Gasteiger partial charge < -0.3 is 0 Å². The van der Waals surface area contributed by atoms with Crippen molar-refractivity contribution in [3.8, 4) is 5.69 Å². The number of aromatic nitrogens is 5. The van der Waals surface area contributed by atoms with E-state index in [1.54, 1.807) is 27.2 Å². The number of anilines is 1. The lowest BCUT2D eigenvalue weighted by molar-refractivity contribution is -0.118. The first-order chi connectivity index (χ1) is 16.1. The van der Waals surface area contributed by atoms with Gasteiger partial charge in [-0.3, -0.25) is 9.69 Å². The number of tetrazole rings is 1. The second-order valence-electron chi connectivity index (χ2n) is 7.99. The molecule has 0 aliphatic heterocycles. The lowest BCUT2D eigenvalue weighted by Gasteiger charge is -2.20. The maximum absolute atomic E-state index is 13.5. The number of hydrogen-bond donors (Lipinski definition) is 0. The zero-order valence-electron chi connectivity index (χ0n) is 18.3. The summed E-state index contributed by atoms with van der Waals surface area (Å²) in [4.78, 5) is 20.1. The Morgan fingerprint density at radius 1 is 1.00 bits per heavy atom. The van der Waals surface area contributed by atoms with Gasteiger partial charge in [0.25, 0.3) is 0 Å². The van der Waals surface area contributed by atoms with Crippen LogP contribution in [-0.2, 0) is 17.8 Å². The monoisotopic (exact) mass is 454 g/mol. The molecule has 164 valence electrons. The first kappa shape index (κ1) is 21.0. The van der Waals surface area contributed by atoms with Crippen LogP contribution in [0.25, 0.3) is 15.9 Å². The van der Waals surface area contributed by atoms with Crippen molar-refractivity contribution in [3.63, 3.8) is 0 Å². The topological polar surface area (TPSA) is 76.8 Å². The normalized spacial score (nSPS) is 11.1. The summed E-state index contributed by atoms with van der Waals surface area (Å²) in [6, 6.07) is 21.9. The van der Waals surface area contributed by atoms with Crippen LogP contribution < -0.4 is 4.90 Å². The molecule has 0 saturated heterocycles. The third-order valence-electron chi connectivity index (χ3n) is 5.43. The highest BCUT2D eigenvalue weighted by atomic mass is 32.1. The molecule has 0 aliphatic carbocycles. The second kappa shape index (κ2) is 8.91. The van der Waals surface area contributed by atoms with Crippen LogP contribution in [0.2, 0.25) is 0 Å². The molecule has 5 aromatic rings. The van der Waals surface area contributed by atoms with E-state index in [0.717, 1.165) is 32.2 Å². The number of fused-ring (bicyclic) bond motifs is 1. The van der Waals surface area contributed by atoms with Crippen molar-refractivity contribution in [2.45, 2.75) is 26.8 Å². The van der Waals surface area contributed by atoms with Gasteiger partial charge in [0.1, 0.15) is 6.33 Å². The molecule has 0 aliphatic rings. The number of amides is 1. The molecule has 0 bridgehead atoms. The molecule has 3 aromatic carbocycles. The van der Waals surface area contributed by atoms with Crippen LogP contribution >= 0.6 is 11.3 Å². The fraction of sp³-hybridized carbons (Fsp3) is 0.160. The first-order valence-electron chi connectivity index (χ1n) is 10.6. The molecule has 2 aromatic heterocycles. The van der Waals surface area contributed by atoms with Gasteiger partial charge in [0.2, 0.25) is 5.91 Å². The summed E-state index contributed by atoms with van der Waals surface area (Å²) in [5.74, 6) is 0.00227. The van der Waals surface area contributed by atoms with Gasteiger partial charge >= 0.3 is 0 Å². The van der Waals surface area contributed by atoms with E-state index in [0.29, 0.717) is 6.54 Å². The maximum atomic E-state index is 13.5. The molecule has 0 atom stereocenters. The van der Waals surface area contributed by atoms with Gasteiger partial charge in [-0.05, 0) is 64.7 Å². The standard InChI is InChI=1S/C25H22N6OS/c1-17-12-18(2)24-22(13-17)27-25(33-24)30(15-20-6-4-3-5-7-20)23(32)14-19-8-10-21(11-9-19)31-16-26-28-29-31/h3-13,16H,14-15H2,1-2H3. The average Bonchev–Trinajstić information content (AvgIpc) is 3.49. The zero-order chi connectivity index (χ0) is 22.8. The van der Waals surface area contributed by atoms with E-state index in [2.05, 4.69) is 41.5 Å². The smallest absolute Gasteiger partial charge is 0.233 e. The van der Waals surface area contributed by atoms with E-state index >= 15 is 0 Å². The van der Waals surface area contributed by atoms with Crippen LogP contribution in [0.3, 0.4) is 0 Å². The summed E-state index contributed by atoms with van der Waals surface area (Å²) in [6.45, 7) is 4.63. The Bertz CT molecular complexity index is 1390. The van der Waals surface area contributed by atoms with E-state index in [4.69, 9.17) is 4.98 Å². The molecule has 0 fully saturated rings. The van der Waals surface area contributed by atoms with Gasteiger partial charge in [-0.2, -0.15) is 0 Å². The van der Waals surface area contributed by atoms with Gasteiger partial charge in [0.05, 0.1) is 28.9 Å². The Kier molecular flexibility index (Phi) is 5.66. The number of aryl methyl sites for hydroxylation is 2. The lowest BCUT2D eigenvalue weighted by atomic mass is 10.1. The molecule has 0 spiro atoms. The summed E-state index contributed by atoms with van der Waals surface area (Å²) >= 11 is 1.57. The molecule has 0 radical (unpaired) electrons. The third kappa shape index (κ3) is 4.51. The molecule has 2 heterocycles. The van der Waals surface area contributed by atoms with E-state index in [9.17, 15) is 4.79 Å². The molecule has 33 heavy (non-hydrogen) atoms. The second-order valence-corrected chi connectivity index (χ2v) is 8.97. The van der Waals surface area contributed by atoms with Crippen LogP contribution in [0.4, 0.5) is 5.13 Å². The molecule has 7 nitrogen and oxygen atoms in total. The number of benzene rings is 3. The molecule has 8 heteroatoms. The van der Waals surface area contributed by atoms with Crippen molar-refractivity contribution in [1.82, 2.24) is 25.2 Å². The Morgan fingerprint density at radius 2 is 1.79 bits per heavy atom. The maximum Gasteiger partial charge on any atom is 0.233 e.